The monoisotopic (exact) mass is 248 g/mol. The van der Waals surface area contributed by atoms with Gasteiger partial charge < -0.3 is 5.32 Å². The molecule has 1 N–H and O–H groups in total. The van der Waals surface area contributed by atoms with Crippen LogP contribution in [0.3, 0.4) is 0 Å². The topological polar surface area (TPSA) is 50.7 Å². The zero-order valence-corrected chi connectivity index (χ0v) is 11.1. The lowest BCUT2D eigenvalue weighted by molar-refractivity contribution is 0.896. The molecular formula is C12H16N4S. The van der Waals surface area contributed by atoms with E-state index in [1.54, 1.807) is 6.20 Å². The highest BCUT2D eigenvalue weighted by atomic mass is 32.1. The number of hydrogen-bond acceptors (Lipinski definition) is 5. The van der Waals surface area contributed by atoms with Crippen molar-refractivity contribution in [2.24, 2.45) is 0 Å². The zero-order chi connectivity index (χ0) is 12.3. The minimum atomic E-state index is 0.366. The molecule has 0 unspecified atom stereocenters. The van der Waals surface area contributed by atoms with E-state index < -0.39 is 0 Å². The molecule has 0 amide bonds. The maximum atomic E-state index is 4.46. The molecule has 2 aromatic heterocycles. The Balaban J connectivity index is 2.30. The van der Waals surface area contributed by atoms with Crippen molar-refractivity contribution in [1.82, 2.24) is 14.3 Å². The fourth-order valence-electron chi connectivity index (χ4n) is 1.55. The number of rotatable bonds is 4. The summed E-state index contributed by atoms with van der Waals surface area (Å²) in [5.41, 5.74) is 2.07. The van der Waals surface area contributed by atoms with Gasteiger partial charge in [0.1, 0.15) is 5.69 Å². The molecule has 2 heterocycles. The standard InChI is InChI=1S/C12H16N4S/c1-4-9-6-5-7-13-10(9)11-15-12(17-16-11)14-8(2)3/h5-8H,4H2,1-3H3,(H,14,15,16). The van der Waals surface area contributed by atoms with E-state index >= 15 is 0 Å². The molecule has 5 heteroatoms. The molecular weight excluding hydrogens is 232 g/mol. The number of nitrogens with zero attached hydrogens (tertiary/aromatic N) is 3. The molecule has 0 radical (unpaired) electrons. The predicted molar refractivity (Wildman–Crippen MR) is 71.3 cm³/mol. The van der Waals surface area contributed by atoms with Crippen LogP contribution in [0.2, 0.25) is 0 Å². The number of hydrogen-bond donors (Lipinski definition) is 1. The van der Waals surface area contributed by atoms with Crippen LogP contribution >= 0.6 is 11.5 Å². The highest BCUT2D eigenvalue weighted by molar-refractivity contribution is 7.09. The van der Waals surface area contributed by atoms with Gasteiger partial charge >= 0.3 is 0 Å². The molecule has 0 aliphatic heterocycles. The Bertz CT molecular complexity index is 493. The van der Waals surface area contributed by atoms with Crippen LogP contribution in [0.25, 0.3) is 11.5 Å². The average Bonchev–Trinajstić information content (AvgIpc) is 2.76. The predicted octanol–water partition coefficient (Wildman–Crippen LogP) is 2.98. The second kappa shape index (κ2) is 5.23. The van der Waals surface area contributed by atoms with Crippen molar-refractivity contribution in [3.05, 3.63) is 23.9 Å². The number of nitrogens with one attached hydrogen (secondary N) is 1. The highest BCUT2D eigenvalue weighted by Gasteiger charge is 2.11. The first-order valence-electron chi connectivity index (χ1n) is 5.75. The van der Waals surface area contributed by atoms with Gasteiger partial charge in [-0.25, -0.2) is 0 Å². The molecule has 0 fully saturated rings. The maximum Gasteiger partial charge on any atom is 0.203 e. The third-order valence-electron chi connectivity index (χ3n) is 2.32. The van der Waals surface area contributed by atoms with Gasteiger partial charge in [0, 0.05) is 23.8 Å². The van der Waals surface area contributed by atoms with Gasteiger partial charge in [-0.2, -0.15) is 9.36 Å². The van der Waals surface area contributed by atoms with E-state index in [0.29, 0.717) is 6.04 Å². The molecule has 0 saturated heterocycles. The third-order valence-corrected chi connectivity index (χ3v) is 2.97. The van der Waals surface area contributed by atoms with Crippen molar-refractivity contribution in [3.8, 4) is 11.5 Å². The van der Waals surface area contributed by atoms with Gasteiger partial charge in [-0.1, -0.05) is 13.0 Å². The van der Waals surface area contributed by atoms with E-state index in [-0.39, 0.29) is 0 Å². The normalized spacial score (nSPS) is 10.8. The number of pyridine rings is 1. The van der Waals surface area contributed by atoms with Crippen LogP contribution in [0.15, 0.2) is 18.3 Å². The lowest BCUT2D eigenvalue weighted by Gasteiger charge is -2.04. The highest BCUT2D eigenvalue weighted by Crippen LogP contribution is 2.22. The molecule has 0 atom stereocenters. The summed E-state index contributed by atoms with van der Waals surface area (Å²) in [4.78, 5) is 8.83. The van der Waals surface area contributed by atoms with Crippen LogP contribution in [0, 0.1) is 0 Å². The number of aromatic nitrogens is 3. The Morgan fingerprint density at radius 3 is 2.94 bits per heavy atom. The molecule has 0 aliphatic carbocycles. The number of anilines is 1. The summed E-state index contributed by atoms with van der Waals surface area (Å²) in [6.07, 6.45) is 2.72. The summed E-state index contributed by atoms with van der Waals surface area (Å²) in [5.74, 6) is 0.718. The van der Waals surface area contributed by atoms with E-state index in [2.05, 4.69) is 46.5 Å². The molecule has 17 heavy (non-hydrogen) atoms. The molecule has 0 aromatic carbocycles. The molecule has 0 aliphatic rings. The Labute approximate surface area is 105 Å². The average molecular weight is 248 g/mol. The van der Waals surface area contributed by atoms with Gasteiger partial charge in [0.05, 0.1) is 0 Å². The van der Waals surface area contributed by atoms with Crippen molar-refractivity contribution in [2.75, 3.05) is 5.32 Å². The van der Waals surface area contributed by atoms with Gasteiger partial charge in [-0.15, -0.1) is 0 Å². The van der Waals surface area contributed by atoms with E-state index in [9.17, 15) is 0 Å². The Kier molecular flexibility index (Phi) is 3.68. The molecule has 4 nitrogen and oxygen atoms in total. The summed E-state index contributed by atoms with van der Waals surface area (Å²) in [6, 6.07) is 4.38. The van der Waals surface area contributed by atoms with Crippen molar-refractivity contribution in [1.29, 1.82) is 0 Å². The van der Waals surface area contributed by atoms with Crippen LogP contribution < -0.4 is 5.32 Å². The first-order chi connectivity index (χ1) is 8.20. The third kappa shape index (κ3) is 2.79. The molecule has 0 bridgehead atoms. The van der Waals surface area contributed by atoms with Crippen LogP contribution in [0.1, 0.15) is 26.3 Å². The van der Waals surface area contributed by atoms with Gasteiger partial charge in [0.2, 0.25) is 5.13 Å². The van der Waals surface area contributed by atoms with Crippen molar-refractivity contribution < 1.29 is 0 Å². The van der Waals surface area contributed by atoms with E-state index in [1.165, 1.54) is 17.1 Å². The van der Waals surface area contributed by atoms with Crippen molar-refractivity contribution in [2.45, 2.75) is 33.2 Å². The molecule has 0 spiro atoms. The minimum Gasteiger partial charge on any atom is -0.358 e. The van der Waals surface area contributed by atoms with Gasteiger partial charge in [-0.05, 0) is 31.9 Å². The van der Waals surface area contributed by atoms with Gasteiger partial charge in [-0.3, -0.25) is 4.98 Å². The van der Waals surface area contributed by atoms with Crippen molar-refractivity contribution in [3.63, 3.8) is 0 Å². The van der Waals surface area contributed by atoms with Crippen LogP contribution in [-0.2, 0) is 6.42 Å². The maximum absolute atomic E-state index is 4.46. The second-order valence-electron chi connectivity index (χ2n) is 4.09. The van der Waals surface area contributed by atoms with E-state index in [4.69, 9.17) is 0 Å². The summed E-state index contributed by atoms with van der Waals surface area (Å²) in [6.45, 7) is 6.28. The number of aryl methyl sites for hydroxylation is 1. The lowest BCUT2D eigenvalue weighted by atomic mass is 10.1. The lowest BCUT2D eigenvalue weighted by Crippen LogP contribution is -2.09. The van der Waals surface area contributed by atoms with Crippen LogP contribution in [0.5, 0.6) is 0 Å². The van der Waals surface area contributed by atoms with Crippen LogP contribution in [0.4, 0.5) is 5.13 Å². The van der Waals surface area contributed by atoms with Gasteiger partial charge in [0.25, 0.3) is 0 Å². The second-order valence-corrected chi connectivity index (χ2v) is 4.84. The van der Waals surface area contributed by atoms with Gasteiger partial charge in [0.15, 0.2) is 5.82 Å². The smallest absolute Gasteiger partial charge is 0.203 e. The summed E-state index contributed by atoms with van der Waals surface area (Å²) < 4.78 is 4.35. The summed E-state index contributed by atoms with van der Waals surface area (Å²) in [7, 11) is 0. The zero-order valence-electron chi connectivity index (χ0n) is 10.3. The van der Waals surface area contributed by atoms with Crippen molar-refractivity contribution >= 4 is 16.7 Å². The molecule has 2 rings (SSSR count). The SMILES string of the molecule is CCc1cccnc1-c1nsc(NC(C)C)n1. The van der Waals surface area contributed by atoms with E-state index in [1.807, 2.05) is 6.07 Å². The molecule has 90 valence electrons. The summed E-state index contributed by atoms with van der Waals surface area (Å²) in [5, 5.41) is 4.10. The minimum absolute atomic E-state index is 0.366. The summed E-state index contributed by atoms with van der Waals surface area (Å²) >= 11 is 1.38. The first kappa shape index (κ1) is 12.0. The Morgan fingerprint density at radius 1 is 1.41 bits per heavy atom. The Morgan fingerprint density at radius 2 is 2.24 bits per heavy atom. The molecule has 0 saturated carbocycles. The fraction of sp³-hybridized carbons (Fsp3) is 0.417. The first-order valence-corrected chi connectivity index (χ1v) is 6.52. The largest absolute Gasteiger partial charge is 0.358 e. The quantitative estimate of drug-likeness (QED) is 0.903. The molecule has 2 aromatic rings. The Hall–Kier alpha value is -1.49. The fourth-order valence-corrected chi connectivity index (χ4v) is 2.27. The van der Waals surface area contributed by atoms with E-state index in [0.717, 1.165) is 23.1 Å². The van der Waals surface area contributed by atoms with Crippen LogP contribution in [-0.4, -0.2) is 20.4 Å².